The predicted molar refractivity (Wildman–Crippen MR) is 69.6 cm³/mol. The number of non-ortho nitro benzene ring substituents is 1. The Hall–Kier alpha value is -1.47. The molecule has 1 aromatic rings. The lowest BCUT2D eigenvalue weighted by molar-refractivity contribution is -0.384. The van der Waals surface area contributed by atoms with Crippen molar-refractivity contribution < 1.29 is 14.5 Å². The van der Waals surface area contributed by atoms with Gasteiger partial charge in [-0.2, -0.15) is 0 Å². The van der Waals surface area contributed by atoms with E-state index in [1.807, 2.05) is 6.92 Å². The highest BCUT2D eigenvalue weighted by Crippen LogP contribution is 2.22. The Balaban J connectivity index is 2.84. The van der Waals surface area contributed by atoms with Gasteiger partial charge >= 0.3 is 0 Å². The van der Waals surface area contributed by atoms with Crippen LogP contribution in [0.4, 0.5) is 5.69 Å². The number of amides is 1. The van der Waals surface area contributed by atoms with Crippen molar-refractivity contribution >= 4 is 27.5 Å². The van der Waals surface area contributed by atoms with Gasteiger partial charge in [-0.15, -0.1) is 0 Å². The molecular weight excluding hydrogens is 304 g/mol. The molecule has 6 nitrogen and oxygen atoms in total. The van der Waals surface area contributed by atoms with Gasteiger partial charge in [0.15, 0.2) is 0 Å². The highest BCUT2D eigenvalue weighted by atomic mass is 79.9. The highest BCUT2D eigenvalue weighted by Gasteiger charge is 2.15. The smallest absolute Gasteiger partial charge is 0.270 e. The van der Waals surface area contributed by atoms with Gasteiger partial charge in [-0.25, -0.2) is 0 Å². The number of nitro benzene ring substituents is 1. The van der Waals surface area contributed by atoms with Crippen LogP contribution in [0.5, 0.6) is 0 Å². The molecule has 98 valence electrons. The Morgan fingerprint density at radius 3 is 2.83 bits per heavy atom. The second kappa shape index (κ2) is 6.46. The molecule has 1 aromatic carbocycles. The zero-order valence-corrected chi connectivity index (χ0v) is 11.6. The maximum absolute atomic E-state index is 11.8. The summed E-state index contributed by atoms with van der Waals surface area (Å²) in [6.45, 7) is 2.15. The first-order valence-corrected chi connectivity index (χ1v) is 6.00. The number of benzene rings is 1. The molecule has 18 heavy (non-hydrogen) atoms. The minimum absolute atomic E-state index is 0.119. The number of halogens is 1. The van der Waals surface area contributed by atoms with E-state index in [9.17, 15) is 14.9 Å². The van der Waals surface area contributed by atoms with E-state index in [0.29, 0.717) is 11.0 Å². The Labute approximate surface area is 113 Å². The SMILES string of the molecule is COC(C)CNC(=O)c1cc([N+](=O)[O-])ccc1Br. The molecule has 0 aliphatic rings. The topological polar surface area (TPSA) is 81.5 Å². The van der Waals surface area contributed by atoms with E-state index in [1.54, 1.807) is 7.11 Å². The van der Waals surface area contributed by atoms with Crippen LogP contribution < -0.4 is 5.32 Å². The average Bonchev–Trinajstić information content (AvgIpc) is 2.35. The van der Waals surface area contributed by atoms with Crippen molar-refractivity contribution in [3.05, 3.63) is 38.3 Å². The first-order valence-electron chi connectivity index (χ1n) is 5.20. The number of hydrogen-bond acceptors (Lipinski definition) is 4. The van der Waals surface area contributed by atoms with Crippen LogP contribution in [0.1, 0.15) is 17.3 Å². The minimum Gasteiger partial charge on any atom is -0.380 e. The van der Waals surface area contributed by atoms with Gasteiger partial charge in [0.1, 0.15) is 0 Å². The normalized spacial score (nSPS) is 11.9. The van der Waals surface area contributed by atoms with Gasteiger partial charge in [0.25, 0.3) is 11.6 Å². The Bertz CT molecular complexity index is 464. The summed E-state index contributed by atoms with van der Waals surface area (Å²) in [6.07, 6.45) is -0.119. The molecule has 1 amide bonds. The zero-order valence-electron chi connectivity index (χ0n) is 9.97. The molecule has 1 N–H and O–H groups in total. The summed E-state index contributed by atoms with van der Waals surface area (Å²) >= 11 is 3.19. The fourth-order valence-electron chi connectivity index (χ4n) is 1.22. The lowest BCUT2D eigenvalue weighted by atomic mass is 10.2. The Morgan fingerprint density at radius 2 is 2.28 bits per heavy atom. The standard InChI is InChI=1S/C11H13BrN2O4/c1-7(18-2)6-13-11(15)9-5-8(14(16)17)3-4-10(9)12/h3-5,7H,6H2,1-2H3,(H,13,15). The van der Waals surface area contributed by atoms with E-state index in [0.717, 1.165) is 0 Å². The second-order valence-electron chi connectivity index (χ2n) is 3.68. The average molecular weight is 317 g/mol. The zero-order chi connectivity index (χ0) is 13.7. The monoisotopic (exact) mass is 316 g/mol. The van der Waals surface area contributed by atoms with Crippen molar-refractivity contribution in [3.8, 4) is 0 Å². The summed E-state index contributed by atoms with van der Waals surface area (Å²) in [6, 6.07) is 4.04. The first-order chi connectivity index (χ1) is 8.45. The van der Waals surface area contributed by atoms with E-state index in [-0.39, 0.29) is 23.3 Å². The van der Waals surface area contributed by atoms with E-state index in [2.05, 4.69) is 21.2 Å². The quantitative estimate of drug-likeness (QED) is 0.666. The van der Waals surface area contributed by atoms with Gasteiger partial charge in [0, 0.05) is 30.3 Å². The number of ether oxygens (including phenoxy) is 1. The van der Waals surface area contributed by atoms with Crippen LogP contribution in [0.2, 0.25) is 0 Å². The number of methoxy groups -OCH3 is 1. The minimum atomic E-state index is -0.541. The molecule has 0 heterocycles. The van der Waals surface area contributed by atoms with Crippen molar-refractivity contribution in [1.82, 2.24) is 5.32 Å². The Morgan fingerprint density at radius 1 is 1.61 bits per heavy atom. The van der Waals surface area contributed by atoms with Crippen LogP contribution in [-0.2, 0) is 4.74 Å². The first kappa shape index (κ1) is 14.6. The highest BCUT2D eigenvalue weighted by molar-refractivity contribution is 9.10. The molecular formula is C11H13BrN2O4. The largest absolute Gasteiger partial charge is 0.380 e. The summed E-state index contributed by atoms with van der Waals surface area (Å²) in [7, 11) is 1.54. The number of carbonyl (C=O) groups is 1. The van der Waals surface area contributed by atoms with Gasteiger partial charge in [-0.3, -0.25) is 14.9 Å². The maximum Gasteiger partial charge on any atom is 0.270 e. The maximum atomic E-state index is 11.8. The molecule has 0 aliphatic heterocycles. The van der Waals surface area contributed by atoms with Crippen LogP contribution in [0.25, 0.3) is 0 Å². The van der Waals surface area contributed by atoms with E-state index in [1.165, 1.54) is 18.2 Å². The third kappa shape index (κ3) is 3.78. The molecule has 0 saturated carbocycles. The van der Waals surface area contributed by atoms with E-state index < -0.39 is 4.92 Å². The molecule has 0 aliphatic carbocycles. The number of rotatable bonds is 5. The van der Waals surface area contributed by atoms with Gasteiger partial charge in [-0.05, 0) is 28.9 Å². The third-order valence-corrected chi connectivity index (χ3v) is 3.05. The van der Waals surface area contributed by atoms with Crippen LogP contribution in [0.3, 0.4) is 0 Å². The lowest BCUT2D eigenvalue weighted by Crippen LogP contribution is -2.31. The molecule has 0 spiro atoms. The van der Waals surface area contributed by atoms with Crippen LogP contribution in [0.15, 0.2) is 22.7 Å². The van der Waals surface area contributed by atoms with Gasteiger partial charge < -0.3 is 10.1 Å². The summed E-state index contributed by atoms with van der Waals surface area (Å²) in [5, 5.41) is 13.3. The van der Waals surface area contributed by atoms with Crippen LogP contribution in [0, 0.1) is 10.1 Å². The number of nitrogens with zero attached hydrogens (tertiary/aromatic N) is 1. The summed E-state index contributed by atoms with van der Waals surface area (Å²) in [4.78, 5) is 21.9. The molecule has 0 aromatic heterocycles. The molecule has 0 bridgehead atoms. The van der Waals surface area contributed by atoms with Crippen molar-refractivity contribution in [3.63, 3.8) is 0 Å². The van der Waals surface area contributed by atoms with Crippen molar-refractivity contribution in [2.45, 2.75) is 13.0 Å². The van der Waals surface area contributed by atoms with Crippen molar-refractivity contribution in [2.24, 2.45) is 0 Å². The fraction of sp³-hybridized carbons (Fsp3) is 0.364. The number of hydrogen-bond donors (Lipinski definition) is 1. The molecule has 7 heteroatoms. The van der Waals surface area contributed by atoms with Crippen LogP contribution >= 0.6 is 15.9 Å². The van der Waals surface area contributed by atoms with Gasteiger partial charge in [0.2, 0.25) is 0 Å². The molecule has 1 unspecified atom stereocenters. The molecule has 0 saturated heterocycles. The summed E-state index contributed by atoms with van der Waals surface area (Å²) in [5.74, 6) is -0.380. The molecule has 0 fully saturated rings. The second-order valence-corrected chi connectivity index (χ2v) is 4.53. The van der Waals surface area contributed by atoms with Gasteiger partial charge in [-0.1, -0.05) is 0 Å². The van der Waals surface area contributed by atoms with Crippen LogP contribution in [-0.4, -0.2) is 30.6 Å². The third-order valence-electron chi connectivity index (χ3n) is 2.36. The molecule has 1 atom stereocenters. The summed E-state index contributed by atoms with van der Waals surface area (Å²) < 4.78 is 5.50. The fourth-order valence-corrected chi connectivity index (χ4v) is 1.64. The van der Waals surface area contributed by atoms with E-state index >= 15 is 0 Å². The lowest BCUT2D eigenvalue weighted by Gasteiger charge is -2.11. The molecule has 0 radical (unpaired) electrons. The number of nitro groups is 1. The van der Waals surface area contributed by atoms with Gasteiger partial charge in [0.05, 0.1) is 16.6 Å². The summed E-state index contributed by atoms with van der Waals surface area (Å²) in [5.41, 5.74) is 0.107. The predicted octanol–water partition coefficient (Wildman–Crippen LogP) is 2.12. The van der Waals surface area contributed by atoms with Crippen molar-refractivity contribution in [2.75, 3.05) is 13.7 Å². The van der Waals surface area contributed by atoms with E-state index in [4.69, 9.17) is 4.74 Å². The molecule has 1 rings (SSSR count). The number of carbonyl (C=O) groups excluding carboxylic acids is 1. The Kier molecular flexibility index (Phi) is 5.24. The number of nitrogens with one attached hydrogen (secondary N) is 1. The van der Waals surface area contributed by atoms with Crippen molar-refractivity contribution in [1.29, 1.82) is 0 Å².